The average molecular weight is 341 g/mol. The molecule has 0 radical (unpaired) electrons. The molecule has 2 aromatic rings. The summed E-state index contributed by atoms with van der Waals surface area (Å²) in [5, 5.41) is 15.4. The highest BCUT2D eigenvalue weighted by atomic mass is 16.1. The Bertz CT molecular complexity index is 785. The maximum Gasteiger partial charge on any atom is 0.267 e. The number of aromatic amines is 1. The van der Waals surface area contributed by atoms with Gasteiger partial charge in [-0.25, -0.2) is 4.68 Å². The van der Waals surface area contributed by atoms with Gasteiger partial charge in [0.05, 0.1) is 17.9 Å². The van der Waals surface area contributed by atoms with Crippen LogP contribution in [0.3, 0.4) is 0 Å². The monoisotopic (exact) mass is 341 g/mol. The van der Waals surface area contributed by atoms with Crippen LogP contribution in [0, 0.1) is 6.92 Å². The van der Waals surface area contributed by atoms with Gasteiger partial charge in [0.25, 0.3) is 5.56 Å². The molecule has 4 rings (SSSR count). The van der Waals surface area contributed by atoms with Crippen LogP contribution in [-0.2, 0) is 19.4 Å². The Balaban J connectivity index is 1.37. The maximum atomic E-state index is 12.5. The standard InChI is InChI=1S/C19H27N5O/c1-13-15(12-21-22-13)11-20-16-6-8-17(9-7-16)24-19(25)10-14-4-2-3-5-18(14)23-24/h10,12,16-17,20H,2-9,11H2,1H3,(H,21,22). The van der Waals surface area contributed by atoms with Crippen LogP contribution in [0.2, 0.25) is 0 Å². The van der Waals surface area contributed by atoms with Crippen LogP contribution in [0.25, 0.3) is 0 Å². The number of hydrogen-bond acceptors (Lipinski definition) is 4. The fourth-order valence-corrected chi connectivity index (χ4v) is 4.17. The molecule has 1 saturated carbocycles. The van der Waals surface area contributed by atoms with Gasteiger partial charge in [0.1, 0.15) is 0 Å². The fraction of sp³-hybridized carbons (Fsp3) is 0.632. The first kappa shape index (κ1) is 16.5. The van der Waals surface area contributed by atoms with Crippen molar-refractivity contribution in [2.75, 3.05) is 0 Å². The Morgan fingerprint density at radius 2 is 2.04 bits per heavy atom. The highest BCUT2D eigenvalue weighted by Crippen LogP contribution is 2.28. The molecule has 2 N–H and O–H groups in total. The molecular formula is C19H27N5O. The van der Waals surface area contributed by atoms with E-state index in [1.54, 1.807) is 4.68 Å². The molecule has 2 heterocycles. The zero-order chi connectivity index (χ0) is 17.2. The molecule has 0 aromatic carbocycles. The number of H-pyrrole nitrogens is 1. The molecule has 1 fully saturated rings. The largest absolute Gasteiger partial charge is 0.310 e. The van der Waals surface area contributed by atoms with Crippen molar-refractivity contribution in [3.63, 3.8) is 0 Å². The van der Waals surface area contributed by atoms with Gasteiger partial charge in [-0.15, -0.1) is 0 Å². The molecule has 6 heteroatoms. The van der Waals surface area contributed by atoms with Crippen molar-refractivity contribution in [2.24, 2.45) is 0 Å². The van der Waals surface area contributed by atoms with Gasteiger partial charge in [-0.3, -0.25) is 9.89 Å². The molecule has 6 nitrogen and oxygen atoms in total. The third kappa shape index (κ3) is 3.54. The Labute approximate surface area is 148 Å². The Morgan fingerprint density at radius 1 is 1.24 bits per heavy atom. The Kier molecular flexibility index (Phi) is 4.70. The van der Waals surface area contributed by atoms with E-state index in [0.717, 1.165) is 56.5 Å². The quantitative estimate of drug-likeness (QED) is 0.895. The first-order valence-electron chi connectivity index (χ1n) is 9.54. The lowest BCUT2D eigenvalue weighted by molar-refractivity contribution is 0.266. The van der Waals surface area contributed by atoms with E-state index >= 15 is 0 Å². The zero-order valence-corrected chi connectivity index (χ0v) is 14.9. The second kappa shape index (κ2) is 7.12. The van der Waals surface area contributed by atoms with Crippen LogP contribution in [0.5, 0.6) is 0 Å². The molecule has 0 amide bonds. The lowest BCUT2D eigenvalue weighted by atomic mass is 9.91. The first-order chi connectivity index (χ1) is 12.2. The number of rotatable bonds is 4. The molecule has 0 unspecified atom stereocenters. The van der Waals surface area contributed by atoms with Gasteiger partial charge in [0, 0.05) is 29.9 Å². The van der Waals surface area contributed by atoms with Crippen LogP contribution < -0.4 is 10.9 Å². The number of nitrogens with one attached hydrogen (secondary N) is 2. The molecular weight excluding hydrogens is 314 g/mol. The summed E-state index contributed by atoms with van der Waals surface area (Å²) in [6.45, 7) is 2.91. The summed E-state index contributed by atoms with van der Waals surface area (Å²) in [5.74, 6) is 0. The summed E-state index contributed by atoms with van der Waals surface area (Å²) < 4.78 is 1.78. The number of hydrogen-bond donors (Lipinski definition) is 2. The number of nitrogens with zero attached hydrogens (tertiary/aromatic N) is 3. The average Bonchev–Trinajstić information content (AvgIpc) is 3.05. The summed E-state index contributed by atoms with van der Waals surface area (Å²) in [6.07, 6.45) is 10.5. The molecule has 2 aromatic heterocycles. The SMILES string of the molecule is Cc1[nH]ncc1CNC1CCC(n2nc3c(cc2=O)CCCC3)CC1. The lowest BCUT2D eigenvalue weighted by Crippen LogP contribution is -2.37. The van der Waals surface area contributed by atoms with E-state index in [2.05, 4.69) is 22.4 Å². The summed E-state index contributed by atoms with van der Waals surface area (Å²) in [6, 6.07) is 2.61. The minimum Gasteiger partial charge on any atom is -0.310 e. The van der Waals surface area contributed by atoms with Crippen molar-refractivity contribution in [1.82, 2.24) is 25.3 Å². The van der Waals surface area contributed by atoms with E-state index in [4.69, 9.17) is 5.10 Å². The van der Waals surface area contributed by atoms with Gasteiger partial charge in [-0.05, 0) is 63.9 Å². The first-order valence-corrected chi connectivity index (χ1v) is 9.54. The van der Waals surface area contributed by atoms with Crippen molar-refractivity contribution in [3.05, 3.63) is 45.1 Å². The highest BCUT2D eigenvalue weighted by molar-refractivity contribution is 5.20. The van der Waals surface area contributed by atoms with Crippen LogP contribution in [0.15, 0.2) is 17.1 Å². The molecule has 2 aliphatic rings. The zero-order valence-electron chi connectivity index (χ0n) is 14.9. The van der Waals surface area contributed by atoms with E-state index < -0.39 is 0 Å². The van der Waals surface area contributed by atoms with Gasteiger partial charge in [0.15, 0.2) is 0 Å². The topological polar surface area (TPSA) is 75.6 Å². The highest BCUT2D eigenvalue weighted by Gasteiger charge is 2.25. The van der Waals surface area contributed by atoms with Gasteiger partial charge in [-0.1, -0.05) is 0 Å². The second-order valence-corrected chi connectivity index (χ2v) is 7.51. The minimum absolute atomic E-state index is 0.0890. The summed E-state index contributed by atoms with van der Waals surface area (Å²) in [4.78, 5) is 12.5. The molecule has 134 valence electrons. The molecule has 0 aliphatic heterocycles. The summed E-state index contributed by atoms with van der Waals surface area (Å²) >= 11 is 0. The second-order valence-electron chi connectivity index (χ2n) is 7.51. The van der Waals surface area contributed by atoms with Crippen molar-refractivity contribution >= 4 is 0 Å². The third-order valence-electron chi connectivity index (χ3n) is 5.79. The van der Waals surface area contributed by atoms with Gasteiger partial charge >= 0.3 is 0 Å². The van der Waals surface area contributed by atoms with Gasteiger partial charge in [-0.2, -0.15) is 10.2 Å². The smallest absolute Gasteiger partial charge is 0.267 e. The minimum atomic E-state index is 0.0890. The molecule has 0 spiro atoms. The van der Waals surface area contributed by atoms with E-state index in [0.29, 0.717) is 6.04 Å². The Hall–Kier alpha value is -1.95. The van der Waals surface area contributed by atoms with Crippen molar-refractivity contribution < 1.29 is 0 Å². The summed E-state index contributed by atoms with van der Waals surface area (Å²) in [5.41, 5.74) is 4.78. The van der Waals surface area contributed by atoms with E-state index in [1.165, 1.54) is 24.0 Å². The van der Waals surface area contributed by atoms with Gasteiger partial charge in [0.2, 0.25) is 0 Å². The Morgan fingerprint density at radius 3 is 2.80 bits per heavy atom. The molecule has 0 bridgehead atoms. The number of aryl methyl sites for hydroxylation is 3. The van der Waals surface area contributed by atoms with Crippen molar-refractivity contribution in [2.45, 2.75) is 76.9 Å². The predicted molar refractivity (Wildman–Crippen MR) is 96.6 cm³/mol. The predicted octanol–water partition coefficient (Wildman–Crippen LogP) is 2.43. The number of fused-ring (bicyclic) bond motifs is 1. The van der Waals surface area contributed by atoms with E-state index in [1.807, 2.05) is 12.3 Å². The van der Waals surface area contributed by atoms with Crippen LogP contribution >= 0.6 is 0 Å². The molecule has 0 saturated heterocycles. The van der Waals surface area contributed by atoms with Crippen molar-refractivity contribution in [1.29, 1.82) is 0 Å². The summed E-state index contributed by atoms with van der Waals surface area (Å²) in [7, 11) is 0. The van der Waals surface area contributed by atoms with Crippen molar-refractivity contribution in [3.8, 4) is 0 Å². The molecule has 25 heavy (non-hydrogen) atoms. The third-order valence-corrected chi connectivity index (χ3v) is 5.79. The van der Waals surface area contributed by atoms with Crippen LogP contribution in [0.1, 0.15) is 67.1 Å². The normalized spacial score (nSPS) is 23.4. The maximum absolute atomic E-state index is 12.5. The molecule has 0 atom stereocenters. The van der Waals surface area contributed by atoms with Gasteiger partial charge < -0.3 is 5.32 Å². The lowest BCUT2D eigenvalue weighted by Gasteiger charge is -2.30. The molecule has 2 aliphatic carbocycles. The van der Waals surface area contributed by atoms with E-state index in [-0.39, 0.29) is 11.6 Å². The van der Waals surface area contributed by atoms with Crippen LogP contribution in [-0.4, -0.2) is 26.0 Å². The number of aromatic nitrogens is 4. The van der Waals surface area contributed by atoms with Crippen LogP contribution in [0.4, 0.5) is 0 Å². The fourth-order valence-electron chi connectivity index (χ4n) is 4.17. The van der Waals surface area contributed by atoms with E-state index in [9.17, 15) is 4.79 Å².